The topological polar surface area (TPSA) is 60.4 Å². The van der Waals surface area contributed by atoms with Crippen molar-refractivity contribution in [1.82, 2.24) is 0 Å². The quantitative estimate of drug-likeness (QED) is 0.402. The summed E-state index contributed by atoms with van der Waals surface area (Å²) in [6.07, 6.45) is 12.1. The van der Waals surface area contributed by atoms with Crippen LogP contribution >= 0.6 is 0 Å². The fraction of sp³-hybridized carbons (Fsp3) is 0.750. The maximum atomic E-state index is 12.7. The number of ketones is 2. The van der Waals surface area contributed by atoms with Crippen molar-refractivity contribution in [3.05, 3.63) is 23.5 Å². The number of allylic oxidation sites excluding steroid dienone is 2. The summed E-state index contributed by atoms with van der Waals surface area (Å²) in [6, 6.07) is 0. The number of hydrogen-bond donors (Lipinski definition) is 0. The van der Waals surface area contributed by atoms with Crippen molar-refractivity contribution in [2.75, 3.05) is 0 Å². The van der Waals surface area contributed by atoms with Crippen molar-refractivity contribution in [3.8, 4) is 0 Å². The zero-order chi connectivity index (χ0) is 22.8. The smallest absolute Gasteiger partial charge is 0.310 e. The molecular weight excluding hydrogens is 400 g/mol. The van der Waals surface area contributed by atoms with E-state index >= 15 is 0 Å². The highest BCUT2D eigenvalue weighted by Crippen LogP contribution is 2.72. The lowest BCUT2D eigenvalue weighted by Crippen LogP contribution is -2.52. The van der Waals surface area contributed by atoms with Crippen molar-refractivity contribution in [3.63, 3.8) is 0 Å². The molecule has 0 bridgehead atoms. The molecule has 0 heterocycles. The Balaban J connectivity index is 1.50. The summed E-state index contributed by atoms with van der Waals surface area (Å²) in [5.41, 5.74) is 2.28. The van der Waals surface area contributed by atoms with Crippen LogP contribution in [0.1, 0.15) is 85.5 Å². The third kappa shape index (κ3) is 3.11. The van der Waals surface area contributed by atoms with E-state index in [0.717, 1.165) is 62.5 Å². The van der Waals surface area contributed by atoms with Gasteiger partial charge in [0.2, 0.25) is 0 Å². The highest BCUT2D eigenvalue weighted by atomic mass is 16.5. The Kier molecular flexibility index (Phi) is 5.30. The number of ether oxygens (including phenoxy) is 1. The third-order valence-corrected chi connectivity index (χ3v) is 10.4. The lowest BCUT2D eigenvalue weighted by Gasteiger charge is -2.58. The minimum atomic E-state index is -0.179. The second-order valence-electron chi connectivity index (χ2n) is 11.8. The average molecular weight is 439 g/mol. The molecule has 0 radical (unpaired) electrons. The average Bonchev–Trinajstić information content (AvgIpc) is 3.49. The summed E-state index contributed by atoms with van der Waals surface area (Å²) in [5, 5.41) is 0. The fourth-order valence-corrected chi connectivity index (χ4v) is 8.67. The number of carbonyl (C=O) groups is 3. The summed E-state index contributed by atoms with van der Waals surface area (Å²) >= 11 is 0. The summed E-state index contributed by atoms with van der Waals surface area (Å²) in [7, 11) is 0. The zero-order valence-corrected chi connectivity index (χ0v) is 20.1. The van der Waals surface area contributed by atoms with Crippen LogP contribution in [0.5, 0.6) is 0 Å². The Hall–Kier alpha value is -1.71. The molecule has 0 unspecified atom stereocenters. The maximum Gasteiger partial charge on any atom is 0.310 e. The van der Waals surface area contributed by atoms with Crippen LogP contribution < -0.4 is 0 Å². The first kappa shape index (κ1) is 22.1. The molecule has 5 rings (SSSR count). The molecule has 0 N–H and O–H groups in total. The Morgan fingerprint density at radius 3 is 2.66 bits per heavy atom. The van der Waals surface area contributed by atoms with E-state index in [1.54, 1.807) is 13.2 Å². The first-order valence-corrected chi connectivity index (χ1v) is 12.9. The van der Waals surface area contributed by atoms with Crippen molar-refractivity contribution in [1.29, 1.82) is 0 Å². The number of unbranched alkanes of at least 4 members (excludes halogenated alkanes) is 1. The summed E-state index contributed by atoms with van der Waals surface area (Å²) in [5.74, 6) is 2.81. The van der Waals surface area contributed by atoms with Gasteiger partial charge in [0, 0.05) is 18.3 Å². The highest BCUT2D eigenvalue weighted by molar-refractivity contribution is 5.97. The molecule has 4 heteroatoms. The van der Waals surface area contributed by atoms with Gasteiger partial charge < -0.3 is 4.74 Å². The van der Waals surface area contributed by atoms with Gasteiger partial charge >= 0.3 is 5.97 Å². The van der Waals surface area contributed by atoms with Crippen molar-refractivity contribution in [2.45, 2.75) is 85.5 Å². The van der Waals surface area contributed by atoms with Crippen molar-refractivity contribution >= 4 is 17.5 Å². The molecule has 0 aromatic rings. The number of rotatable bonds is 5. The van der Waals surface area contributed by atoms with E-state index in [0.29, 0.717) is 35.9 Å². The van der Waals surface area contributed by atoms with E-state index in [-0.39, 0.29) is 34.4 Å². The number of Topliss-reactive ketones (excluding diaryl/α,β-unsaturated/α-hetero) is 1. The number of fused-ring (bicyclic) bond motifs is 7. The molecule has 32 heavy (non-hydrogen) atoms. The van der Waals surface area contributed by atoms with E-state index in [9.17, 15) is 14.4 Å². The molecule has 5 aliphatic rings. The van der Waals surface area contributed by atoms with Crippen LogP contribution in [-0.4, -0.2) is 17.5 Å². The van der Waals surface area contributed by atoms with E-state index < -0.39 is 0 Å². The maximum absolute atomic E-state index is 12.7. The van der Waals surface area contributed by atoms with Gasteiger partial charge in [-0.1, -0.05) is 27.2 Å². The van der Waals surface area contributed by atoms with Crippen LogP contribution in [0.3, 0.4) is 0 Å². The molecule has 0 aliphatic heterocycles. The SMILES string of the molecule is CCCCC(=O)OC=C1C[C@H]2[C@@H]3CC[C@H](C(C)=O)[C@@]3(C)CC[C@@H]2[C@]2(C)C1=CC(=O)[C@@H]1C[C@@H]12. The predicted octanol–water partition coefficient (Wildman–Crippen LogP) is 5.81. The minimum absolute atomic E-state index is 0.0151. The van der Waals surface area contributed by atoms with E-state index in [2.05, 4.69) is 20.8 Å². The van der Waals surface area contributed by atoms with Gasteiger partial charge in [-0.3, -0.25) is 14.4 Å². The Morgan fingerprint density at radius 2 is 1.94 bits per heavy atom. The fourth-order valence-electron chi connectivity index (χ4n) is 8.67. The molecular formula is C28H38O4. The standard InChI is InChI=1S/C28H38O4/c1-5-6-7-26(31)32-15-17-12-18-21-9-8-20(16(2)29)27(21,3)11-10-22(18)28(4)23(17)14-25(30)19-13-24(19)28/h14-15,18-22,24H,5-13H2,1-4H3/t18-,19+,20+,21-,22-,24-,27+,28+/m0/s1. The van der Waals surface area contributed by atoms with Crippen LogP contribution in [0.2, 0.25) is 0 Å². The monoisotopic (exact) mass is 438 g/mol. The highest BCUT2D eigenvalue weighted by Gasteiger charge is 2.67. The Morgan fingerprint density at radius 1 is 1.16 bits per heavy atom. The van der Waals surface area contributed by atoms with Gasteiger partial charge in [-0.2, -0.15) is 0 Å². The van der Waals surface area contributed by atoms with Crippen molar-refractivity contribution < 1.29 is 19.1 Å². The summed E-state index contributed by atoms with van der Waals surface area (Å²) in [6.45, 7) is 8.59. The molecule has 4 fully saturated rings. The summed E-state index contributed by atoms with van der Waals surface area (Å²) in [4.78, 5) is 37.5. The van der Waals surface area contributed by atoms with Gasteiger partial charge in [0.15, 0.2) is 5.78 Å². The molecule has 4 nitrogen and oxygen atoms in total. The first-order chi connectivity index (χ1) is 15.2. The number of esters is 1. The predicted molar refractivity (Wildman–Crippen MR) is 122 cm³/mol. The molecule has 4 saturated carbocycles. The Labute approximate surface area is 192 Å². The lowest BCUT2D eigenvalue weighted by atomic mass is 9.45. The van der Waals surface area contributed by atoms with Crippen LogP contribution in [0.4, 0.5) is 0 Å². The molecule has 0 amide bonds. The molecule has 8 atom stereocenters. The van der Waals surface area contributed by atoms with Crippen LogP contribution in [0.15, 0.2) is 23.5 Å². The molecule has 0 saturated heterocycles. The van der Waals surface area contributed by atoms with Gasteiger partial charge in [0.1, 0.15) is 5.78 Å². The van der Waals surface area contributed by atoms with Crippen LogP contribution in [0.25, 0.3) is 0 Å². The summed E-state index contributed by atoms with van der Waals surface area (Å²) < 4.78 is 5.63. The van der Waals surface area contributed by atoms with Gasteiger partial charge in [-0.15, -0.1) is 0 Å². The Bertz CT molecular complexity index is 912. The van der Waals surface area contributed by atoms with Crippen molar-refractivity contribution in [2.24, 2.45) is 46.3 Å². The van der Waals surface area contributed by atoms with Gasteiger partial charge in [0.25, 0.3) is 0 Å². The molecule has 0 aromatic heterocycles. The molecule has 174 valence electrons. The van der Waals surface area contributed by atoms with E-state index in [1.165, 1.54) is 0 Å². The van der Waals surface area contributed by atoms with Crippen LogP contribution in [-0.2, 0) is 19.1 Å². The number of hydrogen-bond acceptors (Lipinski definition) is 4. The lowest BCUT2D eigenvalue weighted by molar-refractivity contribution is -0.138. The minimum Gasteiger partial charge on any atom is -0.434 e. The van der Waals surface area contributed by atoms with Gasteiger partial charge in [-0.05, 0) is 104 Å². The normalized spacial score (nSPS) is 45.3. The zero-order valence-electron chi connectivity index (χ0n) is 20.1. The molecule has 5 aliphatic carbocycles. The van der Waals surface area contributed by atoms with Gasteiger partial charge in [-0.25, -0.2) is 0 Å². The molecule has 0 spiro atoms. The van der Waals surface area contributed by atoms with Gasteiger partial charge in [0.05, 0.1) is 6.26 Å². The van der Waals surface area contributed by atoms with E-state index in [1.807, 2.05) is 6.08 Å². The number of carbonyl (C=O) groups excluding carboxylic acids is 3. The first-order valence-electron chi connectivity index (χ1n) is 12.9. The largest absolute Gasteiger partial charge is 0.434 e. The van der Waals surface area contributed by atoms with E-state index in [4.69, 9.17) is 4.74 Å². The molecule has 0 aromatic carbocycles. The second kappa shape index (κ2) is 7.67. The second-order valence-corrected chi connectivity index (χ2v) is 11.8. The third-order valence-electron chi connectivity index (χ3n) is 10.4. The van der Waals surface area contributed by atoms with Crippen LogP contribution in [0, 0.1) is 46.3 Å².